The second-order valence-electron chi connectivity index (χ2n) is 2.40. The first-order chi connectivity index (χ1) is 5.29. The van der Waals surface area contributed by atoms with Crippen molar-refractivity contribution in [3.05, 3.63) is 41.5 Å². The van der Waals surface area contributed by atoms with Gasteiger partial charge in [0, 0.05) is 5.56 Å². The summed E-state index contributed by atoms with van der Waals surface area (Å²) in [5, 5.41) is 0. The molecule has 0 bridgehead atoms. The molecule has 0 saturated carbocycles. The van der Waals surface area contributed by atoms with Gasteiger partial charge in [-0.05, 0) is 18.1 Å². The van der Waals surface area contributed by atoms with E-state index in [4.69, 9.17) is 0 Å². The largest absolute Gasteiger partial charge is 0.298 e. The molecule has 0 N–H and O–H groups in total. The van der Waals surface area contributed by atoms with Gasteiger partial charge in [0.1, 0.15) is 0 Å². The molecule has 56 valence electrons. The predicted octanol–water partition coefficient (Wildman–Crippen LogP) is 2.45. The maximum Gasteiger partial charge on any atom is 0.150 e. The maximum atomic E-state index is 10.5. The van der Waals surface area contributed by atoms with Gasteiger partial charge in [0.25, 0.3) is 0 Å². The zero-order valence-electron chi connectivity index (χ0n) is 6.50. The summed E-state index contributed by atoms with van der Waals surface area (Å²) >= 11 is 0. The molecule has 0 spiro atoms. The third-order valence-corrected chi connectivity index (χ3v) is 1.69. The number of carbonyl (C=O) groups is 1. The summed E-state index contributed by atoms with van der Waals surface area (Å²) in [5.41, 5.74) is 2.73. The number of aldehydes is 1. The molecule has 0 amide bonds. The average molecular weight is 146 g/mol. The molecule has 11 heavy (non-hydrogen) atoms. The standard InChI is InChI=1S/C10H10O/c1-3-10-8(2)5-4-6-9(10)7-11/h3-7H,1H2,2H3. The van der Waals surface area contributed by atoms with Crippen LogP contribution >= 0.6 is 0 Å². The Bertz CT molecular complexity index is 287. The van der Waals surface area contributed by atoms with Gasteiger partial charge < -0.3 is 0 Å². The SMILES string of the molecule is C=Cc1c(C)cccc1C=O. The Morgan fingerprint density at radius 3 is 2.64 bits per heavy atom. The first-order valence-electron chi connectivity index (χ1n) is 3.47. The van der Waals surface area contributed by atoms with Crippen molar-refractivity contribution in [3.8, 4) is 0 Å². The van der Waals surface area contributed by atoms with Crippen molar-refractivity contribution in [2.45, 2.75) is 6.92 Å². The molecule has 0 aliphatic heterocycles. The first-order valence-corrected chi connectivity index (χ1v) is 3.47. The molecular weight excluding hydrogens is 136 g/mol. The normalized spacial score (nSPS) is 9.18. The monoisotopic (exact) mass is 146 g/mol. The average Bonchev–Trinajstić information content (AvgIpc) is 2.04. The lowest BCUT2D eigenvalue weighted by Crippen LogP contribution is -1.88. The minimum absolute atomic E-state index is 0.708. The number of hydrogen-bond acceptors (Lipinski definition) is 1. The zero-order valence-corrected chi connectivity index (χ0v) is 6.50. The summed E-state index contributed by atoms with van der Waals surface area (Å²) < 4.78 is 0. The van der Waals surface area contributed by atoms with Gasteiger partial charge in [0.15, 0.2) is 6.29 Å². The van der Waals surface area contributed by atoms with E-state index in [1.165, 1.54) is 0 Å². The highest BCUT2D eigenvalue weighted by molar-refractivity contribution is 5.82. The van der Waals surface area contributed by atoms with E-state index in [2.05, 4.69) is 6.58 Å². The third-order valence-electron chi connectivity index (χ3n) is 1.69. The summed E-state index contributed by atoms with van der Waals surface area (Å²) in [6.45, 7) is 5.60. The van der Waals surface area contributed by atoms with E-state index in [1.54, 1.807) is 12.1 Å². The van der Waals surface area contributed by atoms with Crippen LogP contribution in [-0.2, 0) is 0 Å². The van der Waals surface area contributed by atoms with Crippen molar-refractivity contribution >= 4 is 12.4 Å². The second kappa shape index (κ2) is 3.15. The number of carbonyl (C=O) groups excluding carboxylic acids is 1. The summed E-state index contributed by atoms with van der Waals surface area (Å²) in [6.07, 6.45) is 2.56. The van der Waals surface area contributed by atoms with Crippen molar-refractivity contribution in [1.29, 1.82) is 0 Å². The van der Waals surface area contributed by atoms with Crippen molar-refractivity contribution in [1.82, 2.24) is 0 Å². The minimum atomic E-state index is 0.708. The van der Waals surface area contributed by atoms with Gasteiger partial charge in [-0.3, -0.25) is 4.79 Å². The number of hydrogen-bond donors (Lipinski definition) is 0. The summed E-state index contributed by atoms with van der Waals surface area (Å²) in [4.78, 5) is 10.5. The molecule has 0 unspecified atom stereocenters. The molecule has 0 atom stereocenters. The Balaban J connectivity index is 3.35. The van der Waals surface area contributed by atoms with Crippen molar-refractivity contribution in [3.63, 3.8) is 0 Å². The number of aryl methyl sites for hydroxylation is 1. The number of rotatable bonds is 2. The van der Waals surface area contributed by atoms with Gasteiger partial charge in [-0.2, -0.15) is 0 Å². The van der Waals surface area contributed by atoms with Gasteiger partial charge >= 0.3 is 0 Å². The molecule has 0 aliphatic rings. The summed E-state index contributed by atoms with van der Waals surface area (Å²) in [7, 11) is 0. The van der Waals surface area contributed by atoms with E-state index in [0.29, 0.717) is 5.56 Å². The minimum Gasteiger partial charge on any atom is -0.298 e. The second-order valence-corrected chi connectivity index (χ2v) is 2.40. The Kier molecular flexibility index (Phi) is 2.21. The fourth-order valence-corrected chi connectivity index (χ4v) is 1.08. The van der Waals surface area contributed by atoms with E-state index in [0.717, 1.165) is 17.4 Å². The van der Waals surface area contributed by atoms with Crippen LogP contribution in [0.25, 0.3) is 6.08 Å². The van der Waals surface area contributed by atoms with E-state index < -0.39 is 0 Å². The fraction of sp³-hybridized carbons (Fsp3) is 0.100. The van der Waals surface area contributed by atoms with Crippen molar-refractivity contribution in [2.24, 2.45) is 0 Å². The van der Waals surface area contributed by atoms with Gasteiger partial charge in [0.05, 0.1) is 0 Å². The van der Waals surface area contributed by atoms with Gasteiger partial charge in [-0.15, -0.1) is 0 Å². The summed E-state index contributed by atoms with van der Waals surface area (Å²) in [5.74, 6) is 0. The molecule has 0 aromatic heterocycles. The molecule has 0 aliphatic carbocycles. The highest BCUT2D eigenvalue weighted by Crippen LogP contribution is 2.12. The maximum absolute atomic E-state index is 10.5. The molecule has 0 saturated heterocycles. The highest BCUT2D eigenvalue weighted by atomic mass is 16.1. The lowest BCUT2D eigenvalue weighted by Gasteiger charge is -2.01. The quantitative estimate of drug-likeness (QED) is 0.586. The van der Waals surface area contributed by atoms with Crippen LogP contribution < -0.4 is 0 Å². The molecule has 1 nitrogen and oxygen atoms in total. The lowest BCUT2D eigenvalue weighted by atomic mass is 10.0. The molecule has 1 aromatic rings. The Morgan fingerprint density at radius 2 is 2.18 bits per heavy atom. The Hall–Kier alpha value is -1.37. The Labute approximate surface area is 66.4 Å². The smallest absolute Gasteiger partial charge is 0.150 e. The van der Waals surface area contributed by atoms with Gasteiger partial charge in [0.2, 0.25) is 0 Å². The van der Waals surface area contributed by atoms with Crippen LogP contribution in [0.4, 0.5) is 0 Å². The molecule has 1 aromatic carbocycles. The van der Waals surface area contributed by atoms with Crippen LogP contribution in [0, 0.1) is 6.92 Å². The molecule has 1 rings (SSSR count). The van der Waals surface area contributed by atoms with E-state index in [1.807, 2.05) is 19.1 Å². The van der Waals surface area contributed by atoms with Crippen LogP contribution in [-0.4, -0.2) is 6.29 Å². The molecule has 0 radical (unpaired) electrons. The van der Waals surface area contributed by atoms with Gasteiger partial charge in [-0.1, -0.05) is 30.9 Å². The van der Waals surface area contributed by atoms with Gasteiger partial charge in [-0.25, -0.2) is 0 Å². The topological polar surface area (TPSA) is 17.1 Å². The Morgan fingerprint density at radius 1 is 1.45 bits per heavy atom. The van der Waals surface area contributed by atoms with Crippen LogP contribution in [0.5, 0.6) is 0 Å². The molecule has 0 fully saturated rings. The van der Waals surface area contributed by atoms with Crippen molar-refractivity contribution < 1.29 is 4.79 Å². The number of benzene rings is 1. The van der Waals surface area contributed by atoms with Crippen LogP contribution in [0.1, 0.15) is 21.5 Å². The zero-order chi connectivity index (χ0) is 8.27. The molecule has 0 heterocycles. The van der Waals surface area contributed by atoms with E-state index in [-0.39, 0.29) is 0 Å². The summed E-state index contributed by atoms with van der Waals surface area (Å²) in [6, 6.07) is 5.62. The van der Waals surface area contributed by atoms with Crippen LogP contribution in [0.3, 0.4) is 0 Å². The highest BCUT2D eigenvalue weighted by Gasteiger charge is 1.98. The molecular formula is C10H10O. The third kappa shape index (κ3) is 1.37. The fourth-order valence-electron chi connectivity index (χ4n) is 1.08. The lowest BCUT2D eigenvalue weighted by molar-refractivity contribution is 0.112. The van der Waals surface area contributed by atoms with Crippen molar-refractivity contribution in [2.75, 3.05) is 0 Å². The molecule has 1 heteroatoms. The van der Waals surface area contributed by atoms with E-state index >= 15 is 0 Å². The van der Waals surface area contributed by atoms with Crippen LogP contribution in [0.2, 0.25) is 0 Å². The predicted molar refractivity (Wildman–Crippen MR) is 46.7 cm³/mol. The first kappa shape index (κ1) is 7.73. The van der Waals surface area contributed by atoms with E-state index in [9.17, 15) is 4.79 Å². The van der Waals surface area contributed by atoms with Crippen LogP contribution in [0.15, 0.2) is 24.8 Å².